The molecule has 0 radical (unpaired) electrons. The molecule has 0 aliphatic carbocycles. The Kier molecular flexibility index (Phi) is 4.20. The van der Waals surface area contributed by atoms with Gasteiger partial charge in [-0.1, -0.05) is 20.8 Å². The van der Waals surface area contributed by atoms with E-state index in [0.29, 0.717) is 23.3 Å². The minimum atomic E-state index is -0.208. The van der Waals surface area contributed by atoms with Crippen LogP contribution in [0.2, 0.25) is 0 Å². The third-order valence-corrected chi connectivity index (χ3v) is 2.86. The number of nitrogens with one attached hydrogen (secondary N) is 1. The van der Waals surface area contributed by atoms with Crippen LogP contribution < -0.4 is 16.0 Å². The van der Waals surface area contributed by atoms with Gasteiger partial charge in [0.1, 0.15) is 17.4 Å². The standard InChI is InChI=1S/C13H16BrN5O/c1-13(2,3)12-17-10(19-15)5-11(18-12)20-9-4-8(14)6-16-7-9/h4-7H,15H2,1-3H3,(H,17,18,19). The molecule has 0 aliphatic heterocycles. The average Bonchev–Trinajstić information content (AvgIpc) is 2.37. The van der Waals surface area contributed by atoms with Crippen LogP contribution in [0.3, 0.4) is 0 Å². The van der Waals surface area contributed by atoms with Crippen LogP contribution in [-0.4, -0.2) is 15.0 Å². The van der Waals surface area contributed by atoms with Crippen molar-refractivity contribution in [2.24, 2.45) is 5.84 Å². The van der Waals surface area contributed by atoms with Crippen molar-refractivity contribution in [2.45, 2.75) is 26.2 Å². The van der Waals surface area contributed by atoms with Gasteiger partial charge in [0.25, 0.3) is 0 Å². The molecule has 2 heterocycles. The molecule has 0 saturated carbocycles. The van der Waals surface area contributed by atoms with Gasteiger partial charge in [0.15, 0.2) is 0 Å². The number of nitrogens with zero attached hydrogens (tertiary/aromatic N) is 3. The van der Waals surface area contributed by atoms with Crippen molar-refractivity contribution in [3.05, 3.63) is 34.8 Å². The van der Waals surface area contributed by atoms with Gasteiger partial charge in [-0.3, -0.25) is 4.98 Å². The van der Waals surface area contributed by atoms with Gasteiger partial charge in [-0.15, -0.1) is 0 Å². The highest BCUT2D eigenvalue weighted by Gasteiger charge is 2.19. The predicted molar refractivity (Wildman–Crippen MR) is 80.6 cm³/mol. The van der Waals surface area contributed by atoms with E-state index in [1.807, 2.05) is 20.8 Å². The molecular formula is C13H16BrN5O. The maximum Gasteiger partial charge on any atom is 0.224 e. The van der Waals surface area contributed by atoms with Gasteiger partial charge in [-0.05, 0) is 22.0 Å². The van der Waals surface area contributed by atoms with Crippen LogP contribution in [0.5, 0.6) is 11.6 Å². The molecule has 0 aromatic carbocycles. The van der Waals surface area contributed by atoms with E-state index in [1.54, 1.807) is 24.5 Å². The first kappa shape index (κ1) is 14.7. The number of anilines is 1. The molecule has 0 atom stereocenters. The van der Waals surface area contributed by atoms with Crippen LogP contribution in [0.4, 0.5) is 5.82 Å². The monoisotopic (exact) mass is 337 g/mol. The Bertz CT molecular complexity index is 612. The Balaban J connectivity index is 2.36. The minimum absolute atomic E-state index is 0.208. The van der Waals surface area contributed by atoms with Gasteiger partial charge in [-0.2, -0.15) is 4.98 Å². The lowest BCUT2D eigenvalue weighted by atomic mass is 9.96. The third-order valence-electron chi connectivity index (χ3n) is 2.42. The van der Waals surface area contributed by atoms with Gasteiger partial charge in [0.05, 0.1) is 6.20 Å². The number of pyridine rings is 1. The molecule has 0 amide bonds. The second-order valence-corrected chi connectivity index (χ2v) is 6.17. The summed E-state index contributed by atoms with van der Waals surface area (Å²) in [7, 11) is 0. The lowest BCUT2D eigenvalue weighted by molar-refractivity contribution is 0.444. The fourth-order valence-corrected chi connectivity index (χ4v) is 1.80. The Morgan fingerprint density at radius 3 is 2.55 bits per heavy atom. The number of nitrogen functional groups attached to an aromatic ring is 1. The predicted octanol–water partition coefficient (Wildman–Crippen LogP) is 3.01. The fourth-order valence-electron chi connectivity index (χ4n) is 1.46. The summed E-state index contributed by atoms with van der Waals surface area (Å²) in [5.74, 6) is 7.58. The average molecular weight is 338 g/mol. The van der Waals surface area contributed by atoms with E-state index in [0.717, 1.165) is 4.47 Å². The number of hydrogen-bond donors (Lipinski definition) is 2. The van der Waals surface area contributed by atoms with E-state index < -0.39 is 0 Å². The molecule has 3 N–H and O–H groups in total. The van der Waals surface area contributed by atoms with E-state index in [2.05, 4.69) is 36.3 Å². The molecule has 0 fully saturated rings. The van der Waals surface area contributed by atoms with Crippen molar-refractivity contribution in [2.75, 3.05) is 5.43 Å². The zero-order valence-electron chi connectivity index (χ0n) is 11.5. The number of nitrogens with two attached hydrogens (primary N) is 1. The molecule has 0 aliphatic rings. The Labute approximate surface area is 125 Å². The van der Waals surface area contributed by atoms with Gasteiger partial charge >= 0.3 is 0 Å². The van der Waals surface area contributed by atoms with Crippen LogP contribution >= 0.6 is 15.9 Å². The molecule has 106 valence electrons. The maximum atomic E-state index is 5.70. The zero-order valence-corrected chi connectivity index (χ0v) is 13.1. The van der Waals surface area contributed by atoms with Gasteiger partial charge < -0.3 is 10.2 Å². The number of halogens is 1. The van der Waals surface area contributed by atoms with Crippen molar-refractivity contribution >= 4 is 21.7 Å². The molecule has 2 aromatic heterocycles. The van der Waals surface area contributed by atoms with Crippen molar-refractivity contribution in [1.82, 2.24) is 15.0 Å². The first-order valence-corrected chi connectivity index (χ1v) is 6.82. The summed E-state index contributed by atoms with van der Waals surface area (Å²) in [5.41, 5.74) is 2.31. The second-order valence-electron chi connectivity index (χ2n) is 5.25. The second kappa shape index (κ2) is 5.72. The van der Waals surface area contributed by atoms with Gasteiger partial charge in [-0.25, -0.2) is 10.8 Å². The molecule has 2 rings (SSSR count). The SMILES string of the molecule is CC(C)(C)c1nc(NN)cc(Oc2cncc(Br)c2)n1. The topological polar surface area (TPSA) is 86.0 Å². The first-order chi connectivity index (χ1) is 9.38. The summed E-state index contributed by atoms with van der Waals surface area (Å²) in [6.45, 7) is 6.06. The number of rotatable bonds is 3. The molecule has 0 spiro atoms. The molecule has 7 heteroatoms. The fraction of sp³-hybridized carbons (Fsp3) is 0.308. The van der Waals surface area contributed by atoms with E-state index >= 15 is 0 Å². The van der Waals surface area contributed by atoms with Crippen molar-refractivity contribution in [1.29, 1.82) is 0 Å². The molecule has 20 heavy (non-hydrogen) atoms. The summed E-state index contributed by atoms with van der Waals surface area (Å²) in [4.78, 5) is 12.8. The number of ether oxygens (including phenoxy) is 1. The molecule has 0 unspecified atom stereocenters. The highest BCUT2D eigenvalue weighted by atomic mass is 79.9. The molecule has 2 aromatic rings. The van der Waals surface area contributed by atoms with Gasteiger partial charge in [0.2, 0.25) is 5.88 Å². The molecular weight excluding hydrogens is 322 g/mol. The van der Waals surface area contributed by atoms with Gasteiger partial charge in [0, 0.05) is 22.2 Å². The smallest absolute Gasteiger partial charge is 0.224 e. The Morgan fingerprint density at radius 2 is 1.95 bits per heavy atom. The Morgan fingerprint density at radius 1 is 1.20 bits per heavy atom. The quantitative estimate of drug-likeness (QED) is 0.661. The summed E-state index contributed by atoms with van der Waals surface area (Å²) in [6, 6.07) is 3.44. The van der Waals surface area contributed by atoms with Crippen molar-refractivity contribution < 1.29 is 4.74 Å². The normalized spacial score (nSPS) is 11.2. The molecule has 0 saturated heterocycles. The first-order valence-electron chi connectivity index (χ1n) is 6.03. The third kappa shape index (κ3) is 3.64. The Hall–Kier alpha value is -1.73. The maximum absolute atomic E-state index is 5.70. The summed E-state index contributed by atoms with van der Waals surface area (Å²) < 4.78 is 6.53. The van der Waals surface area contributed by atoms with Crippen LogP contribution in [0.1, 0.15) is 26.6 Å². The lowest BCUT2D eigenvalue weighted by Crippen LogP contribution is -2.19. The minimum Gasteiger partial charge on any atom is -0.437 e. The van der Waals surface area contributed by atoms with Crippen LogP contribution in [0.15, 0.2) is 29.0 Å². The number of hydrogen-bond acceptors (Lipinski definition) is 6. The van der Waals surface area contributed by atoms with E-state index in [-0.39, 0.29) is 5.41 Å². The van der Waals surface area contributed by atoms with Crippen molar-refractivity contribution in [3.8, 4) is 11.6 Å². The van der Waals surface area contributed by atoms with Crippen LogP contribution in [-0.2, 0) is 5.41 Å². The van der Waals surface area contributed by atoms with Crippen LogP contribution in [0, 0.1) is 0 Å². The highest BCUT2D eigenvalue weighted by molar-refractivity contribution is 9.10. The zero-order chi connectivity index (χ0) is 14.8. The van der Waals surface area contributed by atoms with E-state index in [9.17, 15) is 0 Å². The van der Waals surface area contributed by atoms with E-state index in [4.69, 9.17) is 10.6 Å². The number of aromatic nitrogens is 3. The van der Waals surface area contributed by atoms with Crippen LogP contribution in [0.25, 0.3) is 0 Å². The van der Waals surface area contributed by atoms with Crippen molar-refractivity contribution in [3.63, 3.8) is 0 Å². The molecule has 6 nitrogen and oxygen atoms in total. The number of hydrazine groups is 1. The summed E-state index contributed by atoms with van der Waals surface area (Å²) in [6.07, 6.45) is 3.29. The lowest BCUT2D eigenvalue weighted by Gasteiger charge is -2.18. The highest BCUT2D eigenvalue weighted by Crippen LogP contribution is 2.26. The largest absolute Gasteiger partial charge is 0.437 e. The summed E-state index contributed by atoms with van der Waals surface area (Å²) in [5, 5.41) is 0. The van der Waals surface area contributed by atoms with E-state index in [1.165, 1.54) is 0 Å². The summed E-state index contributed by atoms with van der Waals surface area (Å²) >= 11 is 3.34. The molecule has 0 bridgehead atoms.